The molecular formula is C17H18FNO. The minimum Gasteiger partial charge on any atom is -0.494 e. The van der Waals surface area contributed by atoms with Gasteiger partial charge in [-0.1, -0.05) is 24.3 Å². The number of benzene rings is 2. The first-order valence-electron chi connectivity index (χ1n) is 6.95. The van der Waals surface area contributed by atoms with Gasteiger partial charge >= 0.3 is 0 Å². The lowest BCUT2D eigenvalue weighted by atomic mass is 9.97. The molecule has 0 aliphatic carbocycles. The summed E-state index contributed by atoms with van der Waals surface area (Å²) in [5, 5.41) is 3.39. The molecule has 2 aromatic rings. The van der Waals surface area contributed by atoms with Gasteiger partial charge in [-0.2, -0.15) is 0 Å². The molecule has 0 saturated carbocycles. The van der Waals surface area contributed by atoms with Crippen molar-refractivity contribution < 1.29 is 9.13 Å². The lowest BCUT2D eigenvalue weighted by Crippen LogP contribution is -2.11. The van der Waals surface area contributed by atoms with Crippen molar-refractivity contribution in [2.45, 2.75) is 19.3 Å². The molecule has 1 aliphatic heterocycles. The molecule has 2 aromatic carbocycles. The molecule has 2 nitrogen and oxygen atoms in total. The Balaban J connectivity index is 1.88. The largest absolute Gasteiger partial charge is 0.494 e. The summed E-state index contributed by atoms with van der Waals surface area (Å²) in [6, 6.07) is 11.6. The van der Waals surface area contributed by atoms with Gasteiger partial charge in [-0.15, -0.1) is 0 Å². The number of halogens is 1. The van der Waals surface area contributed by atoms with Gasteiger partial charge < -0.3 is 10.1 Å². The Bertz CT molecular complexity index is 624. The van der Waals surface area contributed by atoms with Gasteiger partial charge in [0.25, 0.3) is 0 Å². The monoisotopic (exact) mass is 271 g/mol. The van der Waals surface area contributed by atoms with Crippen molar-refractivity contribution in [3.8, 4) is 5.75 Å². The van der Waals surface area contributed by atoms with E-state index in [4.69, 9.17) is 4.74 Å². The molecule has 3 heteroatoms. The quantitative estimate of drug-likeness (QED) is 0.917. The second kappa shape index (κ2) is 5.53. The van der Waals surface area contributed by atoms with Crippen molar-refractivity contribution in [2.24, 2.45) is 0 Å². The average Bonchev–Trinajstić information content (AvgIpc) is 2.49. The lowest BCUT2D eigenvalue weighted by molar-refractivity contribution is 0.384. The summed E-state index contributed by atoms with van der Waals surface area (Å²) < 4.78 is 19.2. The van der Waals surface area contributed by atoms with E-state index in [0.717, 1.165) is 24.9 Å². The third-order valence-electron chi connectivity index (χ3n) is 3.77. The highest BCUT2D eigenvalue weighted by atomic mass is 19.1. The van der Waals surface area contributed by atoms with Crippen LogP contribution in [-0.4, -0.2) is 13.7 Å². The number of hydrogen-bond acceptors (Lipinski definition) is 2. The Morgan fingerprint density at radius 2 is 2.15 bits per heavy atom. The van der Waals surface area contributed by atoms with Crippen LogP contribution in [0.1, 0.15) is 23.1 Å². The number of aryl methyl sites for hydroxylation is 1. The minimum absolute atomic E-state index is 0.258. The number of fused-ring (bicyclic) bond motifs is 1. The molecule has 20 heavy (non-hydrogen) atoms. The van der Waals surface area contributed by atoms with Crippen LogP contribution in [0.2, 0.25) is 0 Å². The zero-order chi connectivity index (χ0) is 13.9. The summed E-state index contributed by atoms with van der Waals surface area (Å²) in [5.74, 6) is 0.0490. The number of anilines is 1. The Kier molecular flexibility index (Phi) is 3.59. The maximum atomic E-state index is 14.2. The molecule has 0 aromatic heterocycles. The normalized spacial score (nSPS) is 13.5. The Labute approximate surface area is 118 Å². The zero-order valence-corrected chi connectivity index (χ0v) is 11.6. The molecule has 0 fully saturated rings. The van der Waals surface area contributed by atoms with Crippen molar-refractivity contribution in [2.75, 3.05) is 19.0 Å². The smallest absolute Gasteiger partial charge is 0.168 e. The van der Waals surface area contributed by atoms with Gasteiger partial charge in [-0.05, 0) is 41.7 Å². The number of hydrogen-bond donors (Lipinski definition) is 1. The van der Waals surface area contributed by atoms with Crippen LogP contribution >= 0.6 is 0 Å². The maximum absolute atomic E-state index is 14.2. The van der Waals surface area contributed by atoms with E-state index in [9.17, 15) is 4.39 Å². The third-order valence-corrected chi connectivity index (χ3v) is 3.77. The average molecular weight is 271 g/mol. The van der Waals surface area contributed by atoms with E-state index in [1.807, 2.05) is 12.1 Å². The molecule has 0 spiro atoms. The van der Waals surface area contributed by atoms with Crippen molar-refractivity contribution in [1.82, 2.24) is 0 Å². The second-order valence-corrected chi connectivity index (χ2v) is 5.13. The molecule has 1 heterocycles. The predicted molar refractivity (Wildman–Crippen MR) is 79.0 cm³/mol. The van der Waals surface area contributed by atoms with Crippen molar-refractivity contribution in [3.63, 3.8) is 0 Å². The van der Waals surface area contributed by atoms with Crippen LogP contribution in [0.25, 0.3) is 0 Å². The topological polar surface area (TPSA) is 21.3 Å². The highest BCUT2D eigenvalue weighted by molar-refractivity contribution is 5.55. The van der Waals surface area contributed by atoms with Crippen LogP contribution in [0.15, 0.2) is 36.4 Å². The summed E-state index contributed by atoms with van der Waals surface area (Å²) in [5.41, 5.74) is 4.36. The van der Waals surface area contributed by atoms with Gasteiger partial charge in [0.1, 0.15) is 0 Å². The molecule has 0 atom stereocenters. The highest BCUT2D eigenvalue weighted by Gasteiger charge is 2.12. The van der Waals surface area contributed by atoms with Gasteiger partial charge in [0.05, 0.1) is 7.11 Å². The second-order valence-electron chi connectivity index (χ2n) is 5.13. The minimum atomic E-state index is -0.258. The third kappa shape index (κ3) is 2.48. The number of nitrogens with one attached hydrogen (secondary N) is 1. The number of ether oxygens (including phenoxy) is 1. The summed E-state index contributed by atoms with van der Waals surface area (Å²) in [7, 11) is 1.49. The van der Waals surface area contributed by atoms with E-state index in [1.165, 1.54) is 18.4 Å². The van der Waals surface area contributed by atoms with E-state index in [2.05, 4.69) is 23.5 Å². The molecule has 104 valence electrons. The summed E-state index contributed by atoms with van der Waals surface area (Å²) in [6.07, 6.45) is 2.84. The first-order chi connectivity index (χ1) is 9.78. The van der Waals surface area contributed by atoms with E-state index < -0.39 is 0 Å². The van der Waals surface area contributed by atoms with Crippen LogP contribution in [-0.2, 0) is 12.8 Å². The first-order valence-corrected chi connectivity index (χ1v) is 6.95. The lowest BCUT2D eigenvalue weighted by Gasteiger charge is -2.18. The standard InChI is InChI=1S/C17H18FNO/c1-20-16-6-2-4-14(17(16)18)11-12-7-8-15-13(10-12)5-3-9-19-15/h2,4,6-8,10,19H,3,5,9,11H2,1H3. The van der Waals surface area contributed by atoms with E-state index in [1.54, 1.807) is 6.07 Å². The van der Waals surface area contributed by atoms with Crippen molar-refractivity contribution >= 4 is 5.69 Å². The molecule has 0 amide bonds. The highest BCUT2D eigenvalue weighted by Crippen LogP contribution is 2.26. The van der Waals surface area contributed by atoms with Crippen LogP contribution in [0, 0.1) is 5.82 Å². The number of methoxy groups -OCH3 is 1. The summed E-state index contributed by atoms with van der Waals surface area (Å²) >= 11 is 0. The Morgan fingerprint density at radius 1 is 1.25 bits per heavy atom. The molecule has 0 saturated heterocycles. The molecule has 0 unspecified atom stereocenters. The SMILES string of the molecule is COc1cccc(Cc2ccc3c(c2)CCCN3)c1F. The van der Waals surface area contributed by atoms with Crippen LogP contribution in [0.4, 0.5) is 10.1 Å². The van der Waals surface area contributed by atoms with Gasteiger partial charge in [-0.25, -0.2) is 4.39 Å². The van der Waals surface area contributed by atoms with Gasteiger partial charge in [-0.3, -0.25) is 0 Å². The molecule has 1 aliphatic rings. The molecule has 1 N–H and O–H groups in total. The Morgan fingerprint density at radius 3 is 3.00 bits per heavy atom. The molecule has 0 radical (unpaired) electrons. The fourth-order valence-corrected chi connectivity index (χ4v) is 2.71. The van der Waals surface area contributed by atoms with E-state index in [-0.39, 0.29) is 5.82 Å². The predicted octanol–water partition coefficient (Wildman–Crippen LogP) is 3.78. The van der Waals surface area contributed by atoms with Crippen LogP contribution in [0.5, 0.6) is 5.75 Å². The maximum Gasteiger partial charge on any atom is 0.168 e. The Hall–Kier alpha value is -2.03. The van der Waals surface area contributed by atoms with Crippen LogP contribution < -0.4 is 10.1 Å². The fourth-order valence-electron chi connectivity index (χ4n) is 2.71. The van der Waals surface area contributed by atoms with Crippen LogP contribution in [0.3, 0.4) is 0 Å². The molecule has 3 rings (SSSR count). The molecule has 0 bridgehead atoms. The van der Waals surface area contributed by atoms with E-state index >= 15 is 0 Å². The zero-order valence-electron chi connectivity index (χ0n) is 11.6. The summed E-state index contributed by atoms with van der Waals surface area (Å²) in [6.45, 7) is 1.04. The van der Waals surface area contributed by atoms with Gasteiger partial charge in [0.15, 0.2) is 11.6 Å². The fraction of sp³-hybridized carbons (Fsp3) is 0.294. The van der Waals surface area contributed by atoms with Crippen molar-refractivity contribution in [1.29, 1.82) is 0 Å². The number of rotatable bonds is 3. The van der Waals surface area contributed by atoms with E-state index in [0.29, 0.717) is 17.7 Å². The van der Waals surface area contributed by atoms with Crippen molar-refractivity contribution in [3.05, 3.63) is 58.9 Å². The first kappa shape index (κ1) is 13.0. The van der Waals surface area contributed by atoms with Gasteiger partial charge in [0.2, 0.25) is 0 Å². The van der Waals surface area contributed by atoms with Gasteiger partial charge in [0, 0.05) is 18.7 Å². The molecular weight excluding hydrogens is 253 g/mol. The summed E-state index contributed by atoms with van der Waals surface area (Å²) in [4.78, 5) is 0.